The van der Waals surface area contributed by atoms with Gasteiger partial charge in [0.05, 0.1) is 22.5 Å². The van der Waals surface area contributed by atoms with Crippen molar-refractivity contribution in [3.8, 4) is 0 Å². The summed E-state index contributed by atoms with van der Waals surface area (Å²) in [5.74, 6) is 0.352. The minimum atomic E-state index is -0.180. The Kier molecular flexibility index (Phi) is 3.23. The van der Waals surface area contributed by atoms with E-state index >= 15 is 0 Å². The zero-order valence-corrected chi connectivity index (χ0v) is 12.0. The average molecular weight is 287 g/mol. The number of nitrogens with one attached hydrogen (secondary N) is 1. The highest BCUT2D eigenvalue weighted by Crippen LogP contribution is 2.21. The quantitative estimate of drug-likeness (QED) is 0.804. The molecule has 2 aromatic heterocycles. The summed E-state index contributed by atoms with van der Waals surface area (Å²) in [4.78, 5) is 16.6. The molecule has 0 aliphatic rings. The molecule has 3 rings (SSSR count). The number of aromatic nitrogens is 2. The highest BCUT2D eigenvalue weighted by Gasteiger charge is 2.17. The number of para-hydroxylation sites is 1. The Labute approximate surface area is 119 Å². The average Bonchev–Trinajstić information content (AvgIpc) is 2.99. The van der Waals surface area contributed by atoms with Crippen LogP contribution in [-0.4, -0.2) is 16.0 Å². The zero-order valence-electron chi connectivity index (χ0n) is 11.1. The number of rotatable bonds is 3. The number of benzene rings is 1. The molecule has 0 spiro atoms. The van der Waals surface area contributed by atoms with Crippen molar-refractivity contribution < 1.29 is 9.32 Å². The van der Waals surface area contributed by atoms with E-state index in [1.54, 1.807) is 25.2 Å². The first-order valence-corrected chi connectivity index (χ1v) is 7.02. The van der Waals surface area contributed by atoms with Crippen molar-refractivity contribution in [2.75, 3.05) is 0 Å². The van der Waals surface area contributed by atoms with Crippen molar-refractivity contribution in [3.63, 3.8) is 0 Å². The van der Waals surface area contributed by atoms with E-state index < -0.39 is 0 Å². The molecular weight excluding hydrogens is 274 g/mol. The number of hydrogen-bond donors (Lipinski definition) is 1. The molecule has 0 bridgehead atoms. The molecule has 1 aromatic carbocycles. The Balaban J connectivity index is 1.74. The smallest absolute Gasteiger partial charge is 0.257 e. The third-order valence-electron chi connectivity index (χ3n) is 3.00. The van der Waals surface area contributed by atoms with E-state index in [9.17, 15) is 4.79 Å². The number of nitrogens with zero attached hydrogens (tertiary/aromatic N) is 2. The van der Waals surface area contributed by atoms with Gasteiger partial charge in [0.1, 0.15) is 16.3 Å². The summed E-state index contributed by atoms with van der Waals surface area (Å²) in [6, 6.07) is 7.92. The molecule has 0 radical (unpaired) electrons. The minimum absolute atomic E-state index is 0.180. The molecule has 3 aromatic rings. The number of carbonyl (C=O) groups excluding carboxylic acids is 1. The molecule has 0 unspecified atom stereocenters. The predicted octanol–water partition coefficient (Wildman–Crippen LogP) is 2.83. The lowest BCUT2D eigenvalue weighted by molar-refractivity contribution is 0.0949. The third-order valence-corrected chi connectivity index (χ3v) is 4.04. The van der Waals surface area contributed by atoms with Crippen molar-refractivity contribution in [1.82, 2.24) is 15.5 Å². The largest absolute Gasteiger partial charge is 0.361 e. The van der Waals surface area contributed by atoms with Crippen LogP contribution in [0.1, 0.15) is 26.8 Å². The van der Waals surface area contributed by atoms with Gasteiger partial charge in [-0.1, -0.05) is 17.3 Å². The molecule has 0 fully saturated rings. The van der Waals surface area contributed by atoms with Crippen LogP contribution >= 0.6 is 11.3 Å². The highest BCUT2D eigenvalue weighted by atomic mass is 32.1. The maximum atomic E-state index is 12.1. The van der Waals surface area contributed by atoms with Crippen molar-refractivity contribution in [2.24, 2.45) is 0 Å². The Morgan fingerprint density at radius 2 is 2.15 bits per heavy atom. The van der Waals surface area contributed by atoms with Crippen LogP contribution in [0.2, 0.25) is 0 Å². The standard InChI is InChI=1S/C14H13N3O2S/c1-8-13(9(2)19-17-8)14(18)15-7-12-16-10-5-3-4-6-11(10)20-12/h3-6H,7H2,1-2H3,(H,15,18). The molecule has 5 nitrogen and oxygen atoms in total. The van der Waals surface area contributed by atoms with Crippen LogP contribution < -0.4 is 5.32 Å². The van der Waals surface area contributed by atoms with Gasteiger partial charge < -0.3 is 9.84 Å². The molecule has 0 aliphatic carbocycles. The van der Waals surface area contributed by atoms with Crippen molar-refractivity contribution in [2.45, 2.75) is 20.4 Å². The normalized spacial score (nSPS) is 10.9. The lowest BCUT2D eigenvalue weighted by Gasteiger charge is -2.01. The number of aryl methyl sites for hydroxylation is 2. The monoisotopic (exact) mass is 287 g/mol. The zero-order chi connectivity index (χ0) is 14.1. The van der Waals surface area contributed by atoms with E-state index in [1.165, 1.54) is 0 Å². The van der Waals surface area contributed by atoms with Gasteiger partial charge in [-0.05, 0) is 26.0 Å². The van der Waals surface area contributed by atoms with E-state index in [0.29, 0.717) is 23.6 Å². The molecular formula is C14H13N3O2S. The van der Waals surface area contributed by atoms with Gasteiger partial charge in [0.15, 0.2) is 0 Å². The van der Waals surface area contributed by atoms with Crippen LogP contribution in [0, 0.1) is 13.8 Å². The third kappa shape index (κ3) is 2.30. The van der Waals surface area contributed by atoms with Crippen molar-refractivity contribution in [1.29, 1.82) is 0 Å². The van der Waals surface area contributed by atoms with E-state index in [4.69, 9.17) is 4.52 Å². The Hall–Kier alpha value is -2.21. The van der Waals surface area contributed by atoms with Gasteiger partial charge in [-0.25, -0.2) is 4.98 Å². The number of hydrogen-bond acceptors (Lipinski definition) is 5. The first-order chi connectivity index (χ1) is 9.65. The van der Waals surface area contributed by atoms with Crippen LogP contribution in [0.5, 0.6) is 0 Å². The van der Waals surface area contributed by atoms with Gasteiger partial charge in [-0.15, -0.1) is 11.3 Å². The summed E-state index contributed by atoms with van der Waals surface area (Å²) in [5, 5.41) is 7.51. The van der Waals surface area contributed by atoms with Crippen LogP contribution in [0.15, 0.2) is 28.8 Å². The highest BCUT2D eigenvalue weighted by molar-refractivity contribution is 7.18. The SMILES string of the molecule is Cc1noc(C)c1C(=O)NCc1nc2ccccc2s1. The summed E-state index contributed by atoms with van der Waals surface area (Å²) in [6.45, 7) is 3.89. The molecule has 1 N–H and O–H groups in total. The van der Waals surface area contributed by atoms with Gasteiger partial charge in [0.2, 0.25) is 0 Å². The second-order valence-corrected chi connectivity index (χ2v) is 5.57. The van der Waals surface area contributed by atoms with Crippen molar-refractivity contribution in [3.05, 3.63) is 46.3 Å². The van der Waals surface area contributed by atoms with Crippen molar-refractivity contribution >= 4 is 27.5 Å². The first-order valence-electron chi connectivity index (χ1n) is 6.20. The topological polar surface area (TPSA) is 68.0 Å². The molecule has 0 aliphatic heterocycles. The summed E-state index contributed by atoms with van der Waals surface area (Å²) in [6.07, 6.45) is 0. The number of thiazole rings is 1. The molecule has 102 valence electrons. The Morgan fingerprint density at radius 3 is 2.85 bits per heavy atom. The maximum absolute atomic E-state index is 12.1. The fraction of sp³-hybridized carbons (Fsp3) is 0.214. The minimum Gasteiger partial charge on any atom is -0.361 e. The number of amides is 1. The molecule has 20 heavy (non-hydrogen) atoms. The molecule has 0 saturated heterocycles. The number of carbonyl (C=O) groups is 1. The lowest BCUT2D eigenvalue weighted by Crippen LogP contribution is -2.23. The van der Waals surface area contributed by atoms with Gasteiger partial charge in [-0.2, -0.15) is 0 Å². The lowest BCUT2D eigenvalue weighted by atomic mass is 10.2. The van der Waals surface area contributed by atoms with Crippen LogP contribution in [0.4, 0.5) is 0 Å². The Bertz CT molecular complexity index is 723. The fourth-order valence-corrected chi connectivity index (χ4v) is 2.95. The van der Waals surface area contributed by atoms with Gasteiger partial charge in [0, 0.05) is 0 Å². The van der Waals surface area contributed by atoms with E-state index in [2.05, 4.69) is 15.5 Å². The van der Waals surface area contributed by atoms with Crippen LogP contribution in [0.3, 0.4) is 0 Å². The predicted molar refractivity (Wildman–Crippen MR) is 76.8 cm³/mol. The molecule has 2 heterocycles. The second kappa shape index (κ2) is 5.05. The fourth-order valence-electron chi connectivity index (χ4n) is 2.05. The summed E-state index contributed by atoms with van der Waals surface area (Å²) in [5.41, 5.74) is 2.06. The number of fused-ring (bicyclic) bond motifs is 1. The van der Waals surface area contributed by atoms with Gasteiger partial charge in [0.25, 0.3) is 5.91 Å². The first kappa shape index (κ1) is 12.8. The van der Waals surface area contributed by atoms with E-state index in [0.717, 1.165) is 15.2 Å². The summed E-state index contributed by atoms with van der Waals surface area (Å²) in [7, 11) is 0. The second-order valence-electron chi connectivity index (χ2n) is 4.46. The summed E-state index contributed by atoms with van der Waals surface area (Å²) < 4.78 is 6.11. The van der Waals surface area contributed by atoms with E-state index in [-0.39, 0.29) is 5.91 Å². The molecule has 1 amide bonds. The molecule has 6 heteroatoms. The molecule has 0 atom stereocenters. The summed E-state index contributed by atoms with van der Waals surface area (Å²) >= 11 is 1.58. The Morgan fingerprint density at radius 1 is 1.35 bits per heavy atom. The van der Waals surface area contributed by atoms with Crippen LogP contribution in [0.25, 0.3) is 10.2 Å². The molecule has 0 saturated carbocycles. The van der Waals surface area contributed by atoms with Crippen LogP contribution in [-0.2, 0) is 6.54 Å². The van der Waals surface area contributed by atoms with E-state index in [1.807, 2.05) is 24.3 Å². The van der Waals surface area contributed by atoms with Gasteiger partial charge in [-0.3, -0.25) is 4.79 Å². The van der Waals surface area contributed by atoms with Gasteiger partial charge >= 0.3 is 0 Å². The maximum Gasteiger partial charge on any atom is 0.257 e.